The largest absolute Gasteiger partial charge is 0.398 e. The van der Waals surface area contributed by atoms with Gasteiger partial charge in [-0.2, -0.15) is 0 Å². The maximum absolute atomic E-state index is 12.5. The predicted octanol–water partition coefficient (Wildman–Crippen LogP) is 3.96. The summed E-state index contributed by atoms with van der Waals surface area (Å²) in [6, 6.07) is 19.3. The summed E-state index contributed by atoms with van der Waals surface area (Å²) in [4.78, 5) is 12.5. The smallest absolute Gasteiger partial charge is 0.195 e. The summed E-state index contributed by atoms with van der Waals surface area (Å²) in [5.74, 6) is -0.0340. The normalized spacial score (nSPS) is 10.7. The lowest BCUT2D eigenvalue weighted by Crippen LogP contribution is -2.05. The molecule has 0 bridgehead atoms. The minimum Gasteiger partial charge on any atom is -0.398 e. The van der Waals surface area contributed by atoms with Gasteiger partial charge in [-0.05, 0) is 41.5 Å². The average Bonchev–Trinajstić information content (AvgIpc) is 2.46. The van der Waals surface area contributed by atoms with Crippen molar-refractivity contribution in [2.75, 3.05) is 5.73 Å². The van der Waals surface area contributed by atoms with E-state index in [0.717, 1.165) is 16.3 Å². The third kappa shape index (κ3) is 2.16. The molecule has 3 rings (SSSR count). The van der Waals surface area contributed by atoms with E-state index in [4.69, 9.17) is 5.73 Å². The van der Waals surface area contributed by atoms with Crippen LogP contribution in [-0.2, 0) is 0 Å². The zero-order valence-electron chi connectivity index (χ0n) is 11.3. The van der Waals surface area contributed by atoms with Gasteiger partial charge in [0.15, 0.2) is 5.78 Å². The first-order valence-corrected chi connectivity index (χ1v) is 6.55. The Kier molecular flexibility index (Phi) is 2.99. The lowest BCUT2D eigenvalue weighted by Gasteiger charge is -2.07. The van der Waals surface area contributed by atoms with Crippen LogP contribution in [0.3, 0.4) is 0 Å². The topological polar surface area (TPSA) is 43.1 Å². The number of nitrogens with two attached hydrogens (primary N) is 1. The van der Waals surface area contributed by atoms with Crippen molar-refractivity contribution in [1.82, 2.24) is 0 Å². The van der Waals surface area contributed by atoms with Gasteiger partial charge in [0.25, 0.3) is 0 Å². The molecule has 0 atom stereocenters. The van der Waals surface area contributed by atoms with Gasteiger partial charge in [0, 0.05) is 16.8 Å². The zero-order chi connectivity index (χ0) is 14.1. The Morgan fingerprint density at radius 2 is 1.65 bits per heavy atom. The molecule has 0 saturated heterocycles. The van der Waals surface area contributed by atoms with Crippen molar-refractivity contribution < 1.29 is 4.79 Å². The van der Waals surface area contributed by atoms with Gasteiger partial charge in [0.1, 0.15) is 0 Å². The van der Waals surface area contributed by atoms with Gasteiger partial charge in [-0.25, -0.2) is 0 Å². The Morgan fingerprint density at radius 3 is 2.40 bits per heavy atom. The average molecular weight is 261 g/mol. The van der Waals surface area contributed by atoms with Crippen LogP contribution in [0, 0.1) is 6.92 Å². The summed E-state index contributed by atoms with van der Waals surface area (Å²) in [6.07, 6.45) is 0. The molecule has 0 radical (unpaired) electrons. The Bertz CT molecular complexity index is 805. The molecule has 3 aromatic carbocycles. The van der Waals surface area contributed by atoms with Crippen molar-refractivity contribution in [2.45, 2.75) is 6.92 Å². The number of rotatable bonds is 2. The van der Waals surface area contributed by atoms with Crippen LogP contribution in [0.25, 0.3) is 10.8 Å². The lowest BCUT2D eigenvalue weighted by atomic mass is 9.98. The minimum absolute atomic E-state index is 0.0340. The molecule has 0 heterocycles. The molecule has 0 aromatic heterocycles. The van der Waals surface area contributed by atoms with Crippen LogP contribution in [-0.4, -0.2) is 5.78 Å². The van der Waals surface area contributed by atoms with Crippen molar-refractivity contribution in [3.05, 3.63) is 77.4 Å². The van der Waals surface area contributed by atoms with Crippen LogP contribution in [0.2, 0.25) is 0 Å². The highest BCUT2D eigenvalue weighted by Gasteiger charge is 2.12. The second-order valence-electron chi connectivity index (χ2n) is 4.98. The number of nitrogen functional groups attached to an aromatic ring is 1. The number of carbonyl (C=O) groups excluding carboxylic acids is 1. The molecule has 2 nitrogen and oxygen atoms in total. The number of hydrogen-bond acceptors (Lipinski definition) is 2. The monoisotopic (exact) mass is 261 g/mol. The number of fused-ring (bicyclic) bond motifs is 1. The second-order valence-corrected chi connectivity index (χ2v) is 4.98. The molecule has 0 fully saturated rings. The number of aryl methyl sites for hydroxylation is 1. The number of anilines is 1. The molecule has 3 aromatic rings. The molecule has 2 N–H and O–H groups in total. The highest BCUT2D eigenvalue weighted by molar-refractivity contribution is 6.13. The molecule has 0 aliphatic rings. The van der Waals surface area contributed by atoms with Crippen LogP contribution >= 0.6 is 0 Å². The van der Waals surface area contributed by atoms with E-state index >= 15 is 0 Å². The van der Waals surface area contributed by atoms with Crippen LogP contribution in [0.1, 0.15) is 21.5 Å². The van der Waals surface area contributed by atoms with E-state index < -0.39 is 0 Å². The van der Waals surface area contributed by atoms with Crippen LogP contribution in [0.4, 0.5) is 5.69 Å². The zero-order valence-corrected chi connectivity index (χ0v) is 11.3. The fourth-order valence-electron chi connectivity index (χ4n) is 2.37. The van der Waals surface area contributed by atoms with E-state index in [9.17, 15) is 4.79 Å². The van der Waals surface area contributed by atoms with Gasteiger partial charge >= 0.3 is 0 Å². The maximum atomic E-state index is 12.5. The molecule has 0 spiro atoms. The Morgan fingerprint density at radius 1 is 0.900 bits per heavy atom. The van der Waals surface area contributed by atoms with Crippen LogP contribution in [0.15, 0.2) is 60.7 Å². The predicted molar refractivity (Wildman–Crippen MR) is 83.0 cm³/mol. The van der Waals surface area contributed by atoms with Gasteiger partial charge in [0.2, 0.25) is 0 Å². The fourth-order valence-corrected chi connectivity index (χ4v) is 2.37. The van der Waals surface area contributed by atoms with Gasteiger partial charge in [-0.3, -0.25) is 4.79 Å². The molecule has 20 heavy (non-hydrogen) atoms. The van der Waals surface area contributed by atoms with E-state index in [1.807, 2.05) is 61.5 Å². The Hall–Kier alpha value is -2.61. The summed E-state index contributed by atoms with van der Waals surface area (Å²) < 4.78 is 0. The maximum Gasteiger partial charge on any atom is 0.195 e. The summed E-state index contributed by atoms with van der Waals surface area (Å²) in [5, 5.41) is 2.19. The molecule has 0 aliphatic heterocycles. The van der Waals surface area contributed by atoms with Crippen LogP contribution < -0.4 is 5.73 Å². The second kappa shape index (κ2) is 4.82. The fraction of sp³-hybridized carbons (Fsp3) is 0.0556. The van der Waals surface area contributed by atoms with Gasteiger partial charge < -0.3 is 5.73 Å². The van der Waals surface area contributed by atoms with E-state index in [2.05, 4.69) is 0 Å². The summed E-state index contributed by atoms with van der Waals surface area (Å²) >= 11 is 0. The number of hydrogen-bond donors (Lipinski definition) is 1. The minimum atomic E-state index is -0.0340. The molecule has 0 unspecified atom stereocenters. The van der Waals surface area contributed by atoms with E-state index in [-0.39, 0.29) is 5.78 Å². The Labute approximate surface area is 117 Å². The summed E-state index contributed by atoms with van der Waals surface area (Å²) in [7, 11) is 0. The van der Waals surface area contributed by atoms with Crippen molar-refractivity contribution in [3.63, 3.8) is 0 Å². The first-order chi connectivity index (χ1) is 9.65. The number of ketones is 1. The number of carbonyl (C=O) groups is 1. The molecule has 0 amide bonds. The molecule has 0 aliphatic carbocycles. The van der Waals surface area contributed by atoms with E-state index in [0.29, 0.717) is 16.8 Å². The molecule has 98 valence electrons. The van der Waals surface area contributed by atoms with Crippen molar-refractivity contribution >= 4 is 22.2 Å². The van der Waals surface area contributed by atoms with E-state index in [1.54, 1.807) is 6.07 Å². The first-order valence-electron chi connectivity index (χ1n) is 6.55. The van der Waals surface area contributed by atoms with Crippen molar-refractivity contribution in [1.29, 1.82) is 0 Å². The van der Waals surface area contributed by atoms with Gasteiger partial charge in [0.05, 0.1) is 0 Å². The molecular formula is C18H15NO. The van der Waals surface area contributed by atoms with Crippen molar-refractivity contribution in [3.8, 4) is 0 Å². The third-order valence-electron chi connectivity index (χ3n) is 3.46. The van der Waals surface area contributed by atoms with Crippen LogP contribution in [0.5, 0.6) is 0 Å². The number of benzene rings is 3. The molecule has 0 saturated carbocycles. The standard InChI is InChI=1S/C18H15NO/c1-12-6-9-16(17(19)10-12)18(20)15-8-7-13-4-2-3-5-14(13)11-15/h2-11H,19H2,1H3. The van der Waals surface area contributed by atoms with Gasteiger partial charge in [-0.15, -0.1) is 0 Å². The van der Waals surface area contributed by atoms with E-state index in [1.165, 1.54) is 0 Å². The van der Waals surface area contributed by atoms with Gasteiger partial charge in [-0.1, -0.05) is 42.5 Å². The molecular weight excluding hydrogens is 246 g/mol. The highest BCUT2D eigenvalue weighted by Crippen LogP contribution is 2.21. The molecule has 2 heteroatoms. The highest BCUT2D eigenvalue weighted by atomic mass is 16.1. The summed E-state index contributed by atoms with van der Waals surface area (Å²) in [6.45, 7) is 1.96. The lowest BCUT2D eigenvalue weighted by molar-refractivity contribution is 0.103. The first kappa shape index (κ1) is 12.4. The van der Waals surface area contributed by atoms with Crippen molar-refractivity contribution in [2.24, 2.45) is 0 Å². The summed E-state index contributed by atoms with van der Waals surface area (Å²) in [5.41, 5.74) is 8.76. The quantitative estimate of drug-likeness (QED) is 0.560. The third-order valence-corrected chi connectivity index (χ3v) is 3.46. The Balaban J connectivity index is 2.08. The SMILES string of the molecule is Cc1ccc(C(=O)c2ccc3ccccc3c2)c(N)c1.